The lowest BCUT2D eigenvalue weighted by Gasteiger charge is -2.33. The Morgan fingerprint density at radius 1 is 0.371 bits per heavy atom. The predicted octanol–water partition coefficient (Wildman–Crippen LogP) is 5.05. The van der Waals surface area contributed by atoms with Crippen LogP contribution in [-0.2, 0) is 42.9 Å². The van der Waals surface area contributed by atoms with Crippen LogP contribution in [0.2, 0.25) is 0 Å². The van der Waals surface area contributed by atoms with Gasteiger partial charge in [-0.05, 0) is 104 Å². The first-order valence-corrected chi connectivity index (χ1v) is 19.0. The Bertz CT molecular complexity index is 2240. The van der Waals surface area contributed by atoms with Crippen LogP contribution in [0.15, 0.2) is 24.3 Å². The third-order valence-electron chi connectivity index (χ3n) is 7.67. The van der Waals surface area contributed by atoms with Gasteiger partial charge in [-0.3, -0.25) is 19.2 Å². The van der Waals surface area contributed by atoms with Crippen molar-refractivity contribution in [3.63, 3.8) is 0 Å². The van der Waals surface area contributed by atoms with E-state index in [0.717, 1.165) is 0 Å². The number of ether oxygens (including phenoxy) is 5. The van der Waals surface area contributed by atoms with Gasteiger partial charge >= 0.3 is 42.5 Å². The lowest BCUT2D eigenvalue weighted by atomic mass is 10.1. The molecule has 2 saturated heterocycles. The summed E-state index contributed by atoms with van der Waals surface area (Å²) in [5.74, 6) is -7.00. The number of rotatable bonds is 0. The molecule has 0 radical (unpaired) electrons. The van der Waals surface area contributed by atoms with Crippen LogP contribution in [0.3, 0.4) is 0 Å². The summed E-state index contributed by atoms with van der Waals surface area (Å²) < 4.78 is 27.2. The second-order valence-electron chi connectivity index (χ2n) is 18.9. The Morgan fingerprint density at radius 3 is 0.790 bits per heavy atom. The Hall–Kier alpha value is -6.93. The summed E-state index contributed by atoms with van der Waals surface area (Å²) in [6, 6.07) is 1.39. The maximum atomic E-state index is 14.6. The van der Waals surface area contributed by atoms with Gasteiger partial charge in [0.2, 0.25) is 0 Å². The van der Waals surface area contributed by atoms with E-state index in [9.17, 15) is 52.7 Å². The largest absolute Gasteiger partial charge is 0.443 e. The summed E-state index contributed by atoms with van der Waals surface area (Å²) in [6.45, 7) is 20.9. The Balaban J connectivity index is 2.38. The van der Waals surface area contributed by atoms with Crippen LogP contribution in [0.1, 0.15) is 104 Å². The third kappa shape index (κ3) is 9.82. The van der Waals surface area contributed by atoms with Crippen LogP contribution in [0, 0.1) is 0 Å². The van der Waals surface area contributed by atoms with Crippen molar-refractivity contribution in [3.05, 3.63) is 35.0 Å². The van der Waals surface area contributed by atoms with E-state index in [2.05, 4.69) is 0 Å². The van der Waals surface area contributed by atoms with Crippen molar-refractivity contribution in [2.24, 2.45) is 0 Å². The maximum absolute atomic E-state index is 14.6. The van der Waals surface area contributed by atoms with Gasteiger partial charge in [-0.1, -0.05) is 24.3 Å². The highest BCUT2D eigenvalue weighted by atomic mass is 16.6. The molecule has 4 rings (SSSR count). The Morgan fingerprint density at radius 2 is 0.581 bits per heavy atom. The molecule has 0 N–H and O–H groups in total. The second-order valence-corrected chi connectivity index (χ2v) is 18.9. The predicted molar refractivity (Wildman–Crippen MR) is 213 cm³/mol. The average Bonchev–Trinajstić information content (AvgIpc) is 3.35. The van der Waals surface area contributed by atoms with E-state index >= 15 is 0 Å². The van der Waals surface area contributed by atoms with Crippen molar-refractivity contribution in [2.75, 3.05) is 0 Å². The van der Waals surface area contributed by atoms with E-state index in [0.29, 0.717) is 4.57 Å². The van der Waals surface area contributed by atoms with Crippen LogP contribution in [0.5, 0.6) is 0 Å². The minimum Gasteiger partial charge on any atom is -0.443 e. The number of barbiturate groups is 2. The monoisotopic (exact) mass is 867 g/mol. The number of carbonyl (C=O) groups is 11. The summed E-state index contributed by atoms with van der Waals surface area (Å²) in [5, 5.41) is -2.42. The number of urea groups is 2. The first-order valence-electron chi connectivity index (χ1n) is 19.0. The normalized spacial score (nSPS) is 16.0. The molecule has 1 aromatic carbocycles. The second kappa shape index (κ2) is 15.8. The van der Waals surface area contributed by atoms with Gasteiger partial charge in [0.05, 0.1) is 10.7 Å². The Labute approximate surface area is 355 Å². The van der Waals surface area contributed by atoms with Crippen molar-refractivity contribution in [2.45, 2.75) is 132 Å². The van der Waals surface area contributed by atoms with Gasteiger partial charge in [-0.25, -0.2) is 38.1 Å². The first kappa shape index (κ1) is 47.7. The molecule has 62 heavy (non-hydrogen) atoms. The molecule has 2 aromatic rings. The fourth-order valence-electron chi connectivity index (χ4n) is 5.69. The highest BCUT2D eigenvalue weighted by Gasteiger charge is 2.54. The summed E-state index contributed by atoms with van der Waals surface area (Å²) in [4.78, 5) is 155. The zero-order valence-corrected chi connectivity index (χ0v) is 37.1. The average molecular weight is 868 g/mol. The molecular formula is C41H49N5O16. The lowest BCUT2D eigenvalue weighted by molar-refractivity contribution is -0.133. The minimum absolute atomic E-state index is 0.190. The molecule has 3 heterocycles. The highest BCUT2D eigenvalue weighted by Crippen LogP contribution is 2.27. The summed E-state index contributed by atoms with van der Waals surface area (Å²) in [7, 11) is 0. The number of amides is 12. The number of carbonyl (C=O) groups excluding carboxylic acids is 11. The standard InChI is InChI=1S/C41H49N5O16/c1-37(2,3)58-32(53)42-24(22-26(47)43(33(54)59-38(4,5)6)30(51)44(27(22)48)34(55)60-39(7,8)9)20-18-16-17-19-21(20)25(42)23-28(49)45(35(56)61-40(10,11)12)31(52)46(29(23)50)36(57)62-41(13,14)15/h16-19H,1-15H3. The molecule has 0 aliphatic carbocycles. The molecular weight excluding hydrogens is 818 g/mol. The summed E-state index contributed by atoms with van der Waals surface area (Å²) in [6.07, 6.45) is -8.21. The van der Waals surface area contributed by atoms with Gasteiger partial charge in [-0.2, -0.15) is 19.6 Å². The smallest absolute Gasteiger partial charge is 0.425 e. The fourth-order valence-corrected chi connectivity index (χ4v) is 5.69. The van der Waals surface area contributed by atoms with Gasteiger partial charge < -0.3 is 23.7 Å². The van der Waals surface area contributed by atoms with E-state index in [1.165, 1.54) is 128 Å². The molecule has 0 atom stereocenters. The zero-order chi connectivity index (χ0) is 47.6. The minimum atomic E-state index is -1.82. The molecule has 21 nitrogen and oxygen atoms in total. The van der Waals surface area contributed by atoms with Crippen molar-refractivity contribution < 1.29 is 76.4 Å². The van der Waals surface area contributed by atoms with Gasteiger partial charge in [-0.15, -0.1) is 0 Å². The highest BCUT2D eigenvalue weighted by molar-refractivity contribution is 6.52. The molecule has 2 aliphatic rings. The fraction of sp³-hybridized carbons (Fsp3) is 0.488. The molecule has 334 valence electrons. The topological polar surface area (TPSA) is 252 Å². The van der Waals surface area contributed by atoms with Crippen LogP contribution < -0.4 is 10.7 Å². The molecule has 0 spiro atoms. The Kier molecular flexibility index (Phi) is 12.2. The van der Waals surface area contributed by atoms with E-state index < -0.39 is 116 Å². The first-order chi connectivity index (χ1) is 28.0. The quantitative estimate of drug-likeness (QED) is 0.314. The van der Waals surface area contributed by atoms with E-state index in [1.807, 2.05) is 0 Å². The number of fused-ring (bicyclic) bond motifs is 1. The van der Waals surface area contributed by atoms with Crippen LogP contribution in [-0.4, -0.2) is 118 Å². The molecule has 12 amide bonds. The SMILES string of the molecule is CC(C)(C)OC(=O)N1C(=O)C(=c2c3ccccc3c(=C3C(=O)N(C(=O)OC(C)(C)C)C(=O)N(C(=O)OC(C)(C)C)C3=O)n2C(=O)OC(C)(C)C)C(=O)N(C(=O)OC(C)(C)C)C1=O. The van der Waals surface area contributed by atoms with Crippen LogP contribution in [0.4, 0.5) is 33.6 Å². The number of nitrogens with zero attached hydrogens (tertiary/aromatic N) is 5. The van der Waals surface area contributed by atoms with Gasteiger partial charge in [0.25, 0.3) is 23.6 Å². The van der Waals surface area contributed by atoms with E-state index in [-0.39, 0.29) is 30.4 Å². The summed E-state index contributed by atoms with van der Waals surface area (Å²) >= 11 is 0. The maximum Gasteiger partial charge on any atom is 0.425 e. The lowest BCUT2D eigenvalue weighted by Crippen LogP contribution is -2.63. The number of hydrogen-bond acceptors (Lipinski definition) is 16. The number of imide groups is 12. The molecule has 0 unspecified atom stereocenters. The number of hydrogen-bond donors (Lipinski definition) is 0. The molecule has 1 aromatic heterocycles. The molecule has 2 aliphatic heterocycles. The van der Waals surface area contributed by atoms with E-state index in [4.69, 9.17) is 23.7 Å². The van der Waals surface area contributed by atoms with Gasteiger partial charge in [0.15, 0.2) is 0 Å². The van der Waals surface area contributed by atoms with Crippen molar-refractivity contribution in [1.29, 1.82) is 0 Å². The molecule has 2 fully saturated rings. The third-order valence-corrected chi connectivity index (χ3v) is 7.67. The van der Waals surface area contributed by atoms with Gasteiger partial charge in [0.1, 0.15) is 39.2 Å². The van der Waals surface area contributed by atoms with Crippen molar-refractivity contribution in [3.8, 4) is 0 Å². The molecule has 0 bridgehead atoms. The van der Waals surface area contributed by atoms with Gasteiger partial charge in [0, 0.05) is 10.8 Å². The molecule has 21 heteroatoms. The van der Waals surface area contributed by atoms with E-state index in [1.54, 1.807) is 0 Å². The van der Waals surface area contributed by atoms with Crippen molar-refractivity contribution >= 4 is 88.1 Å². The molecule has 0 saturated carbocycles. The number of benzene rings is 1. The van der Waals surface area contributed by atoms with Crippen molar-refractivity contribution in [1.82, 2.24) is 24.2 Å². The summed E-state index contributed by atoms with van der Waals surface area (Å²) in [5.41, 5.74) is -9.46. The number of aromatic nitrogens is 1. The van der Waals surface area contributed by atoms with Crippen LogP contribution >= 0.6 is 0 Å². The zero-order valence-electron chi connectivity index (χ0n) is 37.1. The van der Waals surface area contributed by atoms with Crippen LogP contribution in [0.25, 0.3) is 21.9 Å².